The molecule has 1 N–H and O–H groups in total. The monoisotopic (exact) mass is 266 g/mol. The van der Waals surface area contributed by atoms with Crippen molar-refractivity contribution in [3.63, 3.8) is 0 Å². The summed E-state index contributed by atoms with van der Waals surface area (Å²) in [5.41, 5.74) is 2.07. The number of aliphatic hydroxyl groups is 1. The molecule has 3 rings (SSSR count). The smallest absolute Gasteiger partial charge is 0.168 e. The van der Waals surface area contributed by atoms with Gasteiger partial charge in [0.05, 0.1) is 24.7 Å². The first kappa shape index (κ1) is 12.4. The van der Waals surface area contributed by atoms with Crippen molar-refractivity contribution in [2.75, 3.05) is 6.61 Å². The summed E-state index contributed by atoms with van der Waals surface area (Å²) in [7, 11) is 0. The first-order valence-corrected chi connectivity index (χ1v) is 6.31. The summed E-state index contributed by atoms with van der Waals surface area (Å²) in [6.07, 6.45) is 1.48. The standard InChI is InChI=1S/C12H15FN4O2/c1-2-9-10-11(15-5-14-9)17(6-16-10)12-8(13)3-7(4-18)19-12/h5-8,12,18H,2-4H2,1H3/t7-,8-,12+/m0/s1. The van der Waals surface area contributed by atoms with Crippen LogP contribution in [-0.4, -0.2) is 43.5 Å². The number of hydrogen-bond donors (Lipinski definition) is 1. The van der Waals surface area contributed by atoms with E-state index in [9.17, 15) is 4.39 Å². The van der Waals surface area contributed by atoms with Gasteiger partial charge in [-0.1, -0.05) is 6.92 Å². The molecule has 7 heteroatoms. The summed E-state index contributed by atoms with van der Waals surface area (Å²) in [5.74, 6) is 0. The van der Waals surface area contributed by atoms with E-state index in [0.717, 1.165) is 12.1 Å². The van der Waals surface area contributed by atoms with Gasteiger partial charge in [-0.25, -0.2) is 19.3 Å². The highest BCUT2D eigenvalue weighted by atomic mass is 19.1. The quantitative estimate of drug-likeness (QED) is 0.897. The maximum Gasteiger partial charge on any atom is 0.168 e. The lowest BCUT2D eigenvalue weighted by Gasteiger charge is -2.15. The molecule has 3 atom stereocenters. The Kier molecular flexibility index (Phi) is 3.16. The van der Waals surface area contributed by atoms with Gasteiger partial charge in [0, 0.05) is 6.42 Å². The highest BCUT2D eigenvalue weighted by Crippen LogP contribution is 2.33. The van der Waals surface area contributed by atoms with Gasteiger partial charge in [0.25, 0.3) is 0 Å². The van der Waals surface area contributed by atoms with Gasteiger partial charge in [0.1, 0.15) is 18.0 Å². The molecule has 0 saturated carbocycles. The molecule has 0 radical (unpaired) electrons. The molecule has 1 aliphatic rings. The maximum absolute atomic E-state index is 14.0. The third-order valence-corrected chi connectivity index (χ3v) is 3.38. The number of aryl methyl sites for hydroxylation is 1. The SMILES string of the molecule is CCc1ncnc2c1ncn2[C@@H]1O[C@H](CO)C[C@@H]1F. The minimum Gasteiger partial charge on any atom is -0.394 e. The number of hydrogen-bond acceptors (Lipinski definition) is 5. The van der Waals surface area contributed by atoms with Crippen LogP contribution in [-0.2, 0) is 11.2 Å². The molecule has 1 saturated heterocycles. The van der Waals surface area contributed by atoms with Gasteiger partial charge in [0.2, 0.25) is 0 Å². The van der Waals surface area contributed by atoms with E-state index >= 15 is 0 Å². The van der Waals surface area contributed by atoms with Gasteiger partial charge in [-0.15, -0.1) is 0 Å². The molecule has 0 aromatic carbocycles. The van der Waals surface area contributed by atoms with Gasteiger partial charge in [-0.2, -0.15) is 0 Å². The molecular weight excluding hydrogens is 251 g/mol. The Morgan fingerprint density at radius 2 is 2.32 bits per heavy atom. The molecule has 1 aliphatic heterocycles. The van der Waals surface area contributed by atoms with E-state index in [-0.39, 0.29) is 13.0 Å². The van der Waals surface area contributed by atoms with E-state index in [1.807, 2.05) is 6.92 Å². The zero-order valence-corrected chi connectivity index (χ0v) is 10.5. The second-order valence-electron chi connectivity index (χ2n) is 4.58. The number of aliphatic hydroxyl groups excluding tert-OH is 1. The zero-order valence-electron chi connectivity index (χ0n) is 10.5. The molecule has 6 nitrogen and oxygen atoms in total. The van der Waals surface area contributed by atoms with Gasteiger partial charge < -0.3 is 9.84 Å². The molecule has 0 unspecified atom stereocenters. The van der Waals surface area contributed by atoms with E-state index in [0.29, 0.717) is 11.2 Å². The van der Waals surface area contributed by atoms with Crippen molar-refractivity contribution >= 4 is 11.2 Å². The van der Waals surface area contributed by atoms with Crippen LogP contribution in [0.1, 0.15) is 25.3 Å². The van der Waals surface area contributed by atoms with Crippen LogP contribution in [0.3, 0.4) is 0 Å². The second kappa shape index (κ2) is 4.82. The fourth-order valence-electron chi connectivity index (χ4n) is 2.41. The van der Waals surface area contributed by atoms with Crippen molar-refractivity contribution in [1.82, 2.24) is 19.5 Å². The predicted octanol–water partition coefficient (Wildman–Crippen LogP) is 1.01. The second-order valence-corrected chi connectivity index (χ2v) is 4.58. The fourth-order valence-corrected chi connectivity index (χ4v) is 2.41. The van der Waals surface area contributed by atoms with E-state index in [1.54, 1.807) is 4.57 Å². The van der Waals surface area contributed by atoms with Gasteiger partial charge in [-0.05, 0) is 6.42 Å². The Balaban J connectivity index is 2.02. The van der Waals surface area contributed by atoms with Gasteiger partial charge >= 0.3 is 0 Å². The number of imidazole rings is 1. The molecule has 0 spiro atoms. The summed E-state index contributed by atoms with van der Waals surface area (Å²) < 4.78 is 21.0. The molecule has 102 valence electrons. The molecule has 0 amide bonds. The van der Waals surface area contributed by atoms with Crippen LogP contribution in [0, 0.1) is 0 Å². The lowest BCUT2D eigenvalue weighted by Crippen LogP contribution is -2.16. The summed E-state index contributed by atoms with van der Waals surface area (Å²) >= 11 is 0. The molecule has 2 aromatic heterocycles. The summed E-state index contributed by atoms with van der Waals surface area (Å²) in [6, 6.07) is 0. The number of ether oxygens (including phenoxy) is 1. The Hall–Kier alpha value is -1.60. The van der Waals surface area contributed by atoms with E-state index in [1.165, 1.54) is 12.7 Å². The minimum atomic E-state index is -1.17. The number of fused-ring (bicyclic) bond motifs is 1. The highest BCUT2D eigenvalue weighted by molar-refractivity contribution is 5.73. The Morgan fingerprint density at radius 1 is 1.47 bits per heavy atom. The first-order valence-electron chi connectivity index (χ1n) is 6.31. The number of rotatable bonds is 3. The van der Waals surface area contributed by atoms with Crippen LogP contribution in [0.4, 0.5) is 4.39 Å². The Labute approximate surface area is 109 Å². The molecule has 0 bridgehead atoms. The molecule has 3 heterocycles. The van der Waals surface area contributed by atoms with Crippen molar-refractivity contribution in [3.8, 4) is 0 Å². The highest BCUT2D eigenvalue weighted by Gasteiger charge is 2.37. The number of nitrogens with zero attached hydrogens (tertiary/aromatic N) is 4. The molecular formula is C12H15FN4O2. The normalized spacial score (nSPS) is 27.2. The van der Waals surface area contributed by atoms with Crippen LogP contribution >= 0.6 is 0 Å². The topological polar surface area (TPSA) is 73.1 Å². The van der Waals surface area contributed by atoms with Crippen molar-refractivity contribution in [1.29, 1.82) is 0 Å². The Morgan fingerprint density at radius 3 is 3.00 bits per heavy atom. The summed E-state index contributed by atoms with van der Waals surface area (Å²) in [6.45, 7) is 1.80. The Bertz CT molecular complexity index is 588. The molecule has 19 heavy (non-hydrogen) atoms. The van der Waals surface area contributed by atoms with Gasteiger partial charge in [-0.3, -0.25) is 4.57 Å². The number of alkyl halides is 1. The molecule has 2 aromatic rings. The third-order valence-electron chi connectivity index (χ3n) is 3.38. The lowest BCUT2D eigenvalue weighted by molar-refractivity contribution is -0.0351. The van der Waals surface area contributed by atoms with Crippen LogP contribution in [0.5, 0.6) is 0 Å². The molecule has 1 fully saturated rings. The zero-order chi connectivity index (χ0) is 13.4. The van der Waals surface area contributed by atoms with Crippen molar-refractivity contribution in [3.05, 3.63) is 18.3 Å². The predicted molar refractivity (Wildman–Crippen MR) is 65.2 cm³/mol. The van der Waals surface area contributed by atoms with E-state index in [4.69, 9.17) is 9.84 Å². The van der Waals surface area contributed by atoms with Crippen molar-refractivity contribution in [2.45, 2.75) is 38.3 Å². The molecule has 0 aliphatic carbocycles. The van der Waals surface area contributed by atoms with E-state index in [2.05, 4.69) is 15.0 Å². The van der Waals surface area contributed by atoms with Crippen LogP contribution in [0.15, 0.2) is 12.7 Å². The number of halogens is 1. The van der Waals surface area contributed by atoms with Crippen molar-refractivity contribution < 1.29 is 14.2 Å². The van der Waals surface area contributed by atoms with Gasteiger partial charge in [0.15, 0.2) is 11.9 Å². The van der Waals surface area contributed by atoms with E-state index < -0.39 is 18.5 Å². The largest absolute Gasteiger partial charge is 0.394 e. The third kappa shape index (κ3) is 1.98. The summed E-state index contributed by atoms with van der Waals surface area (Å²) in [4.78, 5) is 12.6. The van der Waals surface area contributed by atoms with Crippen LogP contribution in [0.2, 0.25) is 0 Å². The lowest BCUT2D eigenvalue weighted by atomic mass is 10.2. The number of aromatic nitrogens is 4. The minimum absolute atomic E-state index is 0.182. The van der Waals surface area contributed by atoms with Crippen LogP contribution < -0.4 is 0 Å². The van der Waals surface area contributed by atoms with Crippen LogP contribution in [0.25, 0.3) is 11.2 Å². The fraction of sp³-hybridized carbons (Fsp3) is 0.583. The summed E-state index contributed by atoms with van der Waals surface area (Å²) in [5, 5.41) is 9.05. The van der Waals surface area contributed by atoms with Crippen molar-refractivity contribution in [2.24, 2.45) is 0 Å². The maximum atomic E-state index is 14.0. The average molecular weight is 266 g/mol. The first-order chi connectivity index (χ1) is 9.24. The average Bonchev–Trinajstić information content (AvgIpc) is 3.01.